The normalized spacial score (nSPS) is 12.2. The number of hydrogen-bond acceptors (Lipinski definition) is 4. The SMILES string of the molecule is COC(=O)c1ccc(CN(Cc2cccnc2)S(=O)O)cc1F. The Bertz CT molecular complexity index is 712. The highest BCUT2D eigenvalue weighted by Gasteiger charge is 2.16. The molecular weight excluding hydrogens is 323 g/mol. The zero-order chi connectivity index (χ0) is 16.8. The van der Waals surface area contributed by atoms with E-state index in [2.05, 4.69) is 9.72 Å². The molecule has 1 unspecified atom stereocenters. The molecule has 0 radical (unpaired) electrons. The molecule has 23 heavy (non-hydrogen) atoms. The Morgan fingerprint density at radius 3 is 2.65 bits per heavy atom. The molecule has 0 saturated heterocycles. The van der Waals surface area contributed by atoms with Gasteiger partial charge in [0, 0.05) is 25.5 Å². The molecule has 6 nitrogen and oxygen atoms in total. The quantitative estimate of drug-likeness (QED) is 0.645. The first-order valence-electron chi connectivity index (χ1n) is 6.63. The van der Waals surface area contributed by atoms with Gasteiger partial charge in [0.15, 0.2) is 0 Å². The van der Waals surface area contributed by atoms with Gasteiger partial charge in [-0.3, -0.25) is 9.54 Å². The van der Waals surface area contributed by atoms with Crippen LogP contribution in [0.3, 0.4) is 0 Å². The summed E-state index contributed by atoms with van der Waals surface area (Å²) in [6.07, 6.45) is 3.19. The number of rotatable bonds is 6. The molecule has 0 aliphatic carbocycles. The van der Waals surface area contributed by atoms with E-state index in [0.717, 1.165) is 11.6 Å². The maximum Gasteiger partial charge on any atom is 0.340 e. The summed E-state index contributed by atoms with van der Waals surface area (Å²) < 4.78 is 40.5. The van der Waals surface area contributed by atoms with Crippen molar-refractivity contribution in [2.75, 3.05) is 7.11 Å². The van der Waals surface area contributed by atoms with Gasteiger partial charge in [0.05, 0.1) is 12.7 Å². The van der Waals surface area contributed by atoms with Gasteiger partial charge in [0.25, 0.3) is 0 Å². The van der Waals surface area contributed by atoms with E-state index in [4.69, 9.17) is 0 Å². The first-order valence-corrected chi connectivity index (χ1v) is 7.69. The van der Waals surface area contributed by atoms with Crippen molar-refractivity contribution < 1.29 is 22.7 Å². The number of carbonyl (C=O) groups is 1. The molecule has 0 saturated carbocycles. The molecule has 0 bridgehead atoms. The van der Waals surface area contributed by atoms with Crippen molar-refractivity contribution in [2.45, 2.75) is 13.1 Å². The molecule has 0 spiro atoms. The summed E-state index contributed by atoms with van der Waals surface area (Å²) in [6.45, 7) is 0.216. The van der Waals surface area contributed by atoms with Crippen LogP contribution >= 0.6 is 0 Å². The van der Waals surface area contributed by atoms with Crippen LogP contribution in [0.1, 0.15) is 21.5 Å². The van der Waals surface area contributed by atoms with Crippen molar-refractivity contribution in [1.29, 1.82) is 0 Å². The molecule has 0 aliphatic heterocycles. The number of pyridine rings is 1. The van der Waals surface area contributed by atoms with E-state index in [9.17, 15) is 17.9 Å². The van der Waals surface area contributed by atoms with E-state index >= 15 is 0 Å². The lowest BCUT2D eigenvalue weighted by Gasteiger charge is -2.18. The van der Waals surface area contributed by atoms with Crippen LogP contribution in [0.25, 0.3) is 0 Å². The summed E-state index contributed by atoms with van der Waals surface area (Å²) in [5, 5.41) is 0. The van der Waals surface area contributed by atoms with Crippen LogP contribution in [0.4, 0.5) is 4.39 Å². The molecule has 1 heterocycles. The van der Waals surface area contributed by atoms with Crippen molar-refractivity contribution in [3.8, 4) is 0 Å². The topological polar surface area (TPSA) is 79.7 Å². The predicted molar refractivity (Wildman–Crippen MR) is 82.0 cm³/mol. The molecule has 0 aliphatic rings. The third-order valence-electron chi connectivity index (χ3n) is 3.10. The minimum Gasteiger partial charge on any atom is -0.465 e. The van der Waals surface area contributed by atoms with Crippen LogP contribution < -0.4 is 0 Å². The second-order valence-corrected chi connectivity index (χ2v) is 5.67. The van der Waals surface area contributed by atoms with Gasteiger partial charge in [0.1, 0.15) is 5.82 Å². The zero-order valence-corrected chi connectivity index (χ0v) is 13.1. The van der Waals surface area contributed by atoms with Crippen molar-refractivity contribution >= 4 is 17.2 Å². The maximum absolute atomic E-state index is 13.9. The van der Waals surface area contributed by atoms with Crippen LogP contribution in [-0.4, -0.2) is 31.1 Å². The standard InChI is InChI=1S/C15H15FN2O4S/c1-22-15(19)13-5-4-11(7-14(13)16)9-18(23(20)21)10-12-3-2-6-17-8-12/h2-8H,9-10H2,1H3,(H,20,21). The number of halogens is 1. The number of esters is 1. The average Bonchev–Trinajstić information content (AvgIpc) is 2.54. The molecule has 1 atom stereocenters. The highest BCUT2D eigenvalue weighted by atomic mass is 32.2. The van der Waals surface area contributed by atoms with Gasteiger partial charge >= 0.3 is 5.97 Å². The van der Waals surface area contributed by atoms with Gasteiger partial charge < -0.3 is 4.74 Å². The molecule has 2 aromatic rings. The molecule has 8 heteroatoms. The molecular formula is C15H15FN2O4S. The van der Waals surface area contributed by atoms with Crippen molar-refractivity contribution in [1.82, 2.24) is 9.29 Å². The largest absolute Gasteiger partial charge is 0.465 e. The average molecular weight is 338 g/mol. The van der Waals surface area contributed by atoms with Crippen LogP contribution in [0.5, 0.6) is 0 Å². The minimum absolute atomic E-state index is 0.0381. The second kappa shape index (κ2) is 7.91. The highest BCUT2D eigenvalue weighted by Crippen LogP contribution is 2.15. The van der Waals surface area contributed by atoms with Gasteiger partial charge in [-0.1, -0.05) is 12.1 Å². The third kappa shape index (κ3) is 4.65. The van der Waals surface area contributed by atoms with E-state index in [1.165, 1.54) is 23.5 Å². The summed E-state index contributed by atoms with van der Waals surface area (Å²) in [5.74, 6) is -1.51. The number of carbonyl (C=O) groups excluding carboxylic acids is 1. The summed E-state index contributed by atoms with van der Waals surface area (Å²) in [5.41, 5.74) is 1.03. The minimum atomic E-state index is -2.24. The van der Waals surface area contributed by atoms with Gasteiger partial charge in [-0.15, -0.1) is 0 Å². The smallest absolute Gasteiger partial charge is 0.340 e. The van der Waals surface area contributed by atoms with E-state index in [0.29, 0.717) is 5.56 Å². The van der Waals surface area contributed by atoms with Crippen molar-refractivity contribution in [3.63, 3.8) is 0 Å². The van der Waals surface area contributed by atoms with Crippen LogP contribution in [0.15, 0.2) is 42.7 Å². The second-order valence-electron chi connectivity index (χ2n) is 4.70. The fourth-order valence-electron chi connectivity index (χ4n) is 2.00. The number of benzene rings is 1. The van der Waals surface area contributed by atoms with Crippen LogP contribution in [0, 0.1) is 5.82 Å². The number of ether oxygens (including phenoxy) is 1. The fourth-order valence-corrected chi connectivity index (χ4v) is 2.52. The summed E-state index contributed by atoms with van der Waals surface area (Å²) in [4.78, 5) is 15.3. The summed E-state index contributed by atoms with van der Waals surface area (Å²) >= 11 is -2.24. The Labute approximate surface area is 135 Å². The van der Waals surface area contributed by atoms with Crippen molar-refractivity contribution in [3.05, 3.63) is 65.2 Å². The van der Waals surface area contributed by atoms with Gasteiger partial charge in [-0.2, -0.15) is 4.31 Å². The lowest BCUT2D eigenvalue weighted by Crippen LogP contribution is -2.25. The first-order chi connectivity index (χ1) is 11.0. The maximum atomic E-state index is 13.9. The molecule has 1 aromatic heterocycles. The van der Waals surface area contributed by atoms with Gasteiger partial charge in [-0.05, 0) is 29.3 Å². The van der Waals surface area contributed by atoms with Crippen LogP contribution in [-0.2, 0) is 29.1 Å². The van der Waals surface area contributed by atoms with Crippen molar-refractivity contribution in [2.24, 2.45) is 0 Å². The Balaban J connectivity index is 2.16. The molecule has 1 aromatic carbocycles. The molecule has 0 fully saturated rings. The fraction of sp³-hybridized carbons (Fsp3) is 0.200. The number of hydrogen-bond donors (Lipinski definition) is 1. The van der Waals surface area contributed by atoms with E-state index in [1.807, 2.05) is 0 Å². The molecule has 122 valence electrons. The summed E-state index contributed by atoms with van der Waals surface area (Å²) in [6, 6.07) is 7.44. The molecule has 0 amide bonds. The number of aromatic nitrogens is 1. The van der Waals surface area contributed by atoms with Gasteiger partial charge in [0.2, 0.25) is 11.3 Å². The van der Waals surface area contributed by atoms with E-state index in [-0.39, 0.29) is 18.7 Å². The molecule has 2 rings (SSSR count). The number of methoxy groups -OCH3 is 1. The molecule has 1 N–H and O–H groups in total. The predicted octanol–water partition coefficient (Wildman–Crippen LogP) is 2.15. The Kier molecular flexibility index (Phi) is 5.91. The lowest BCUT2D eigenvalue weighted by atomic mass is 10.1. The van der Waals surface area contributed by atoms with E-state index in [1.54, 1.807) is 24.5 Å². The Hall–Kier alpha value is -2.16. The Morgan fingerprint density at radius 1 is 1.35 bits per heavy atom. The lowest BCUT2D eigenvalue weighted by molar-refractivity contribution is 0.0595. The summed E-state index contributed by atoms with van der Waals surface area (Å²) in [7, 11) is 1.17. The number of nitrogens with zero attached hydrogens (tertiary/aromatic N) is 2. The van der Waals surface area contributed by atoms with Crippen LogP contribution in [0.2, 0.25) is 0 Å². The Morgan fingerprint density at radius 2 is 2.09 bits per heavy atom. The third-order valence-corrected chi connectivity index (χ3v) is 3.80. The van der Waals surface area contributed by atoms with Gasteiger partial charge in [-0.25, -0.2) is 13.4 Å². The highest BCUT2D eigenvalue weighted by molar-refractivity contribution is 7.76. The first kappa shape index (κ1) is 17.2. The zero-order valence-electron chi connectivity index (χ0n) is 12.3. The monoisotopic (exact) mass is 338 g/mol. The van der Waals surface area contributed by atoms with E-state index < -0.39 is 23.1 Å².